The molecule has 2 fully saturated rings. The summed E-state index contributed by atoms with van der Waals surface area (Å²) in [6, 6.07) is 0.431. The molecule has 0 spiro atoms. The van der Waals surface area contributed by atoms with Crippen LogP contribution in [0.4, 0.5) is 0 Å². The number of hydrogen-bond donors (Lipinski definition) is 2. The van der Waals surface area contributed by atoms with E-state index in [0.29, 0.717) is 12.6 Å². The maximum Gasteiger partial charge on any atom is 0.234 e. The zero-order valence-corrected chi connectivity index (χ0v) is 12.8. The van der Waals surface area contributed by atoms with Crippen molar-refractivity contribution >= 4 is 17.7 Å². The Balaban J connectivity index is 1.55. The van der Waals surface area contributed by atoms with Gasteiger partial charge in [0.15, 0.2) is 0 Å². The minimum Gasteiger partial charge on any atom is -0.352 e. The summed E-state index contributed by atoms with van der Waals surface area (Å²) in [4.78, 5) is 11.9. The lowest BCUT2D eigenvalue weighted by atomic mass is 10.1. The first-order valence-corrected chi connectivity index (χ1v) is 9.01. The quantitative estimate of drug-likeness (QED) is 0.763. The highest BCUT2D eigenvalue weighted by molar-refractivity contribution is 7.99. The molecule has 3 nitrogen and oxygen atoms in total. The van der Waals surface area contributed by atoms with E-state index >= 15 is 0 Å². The molecule has 0 aromatic heterocycles. The molecular formula is C15H28N2OS. The monoisotopic (exact) mass is 284 g/mol. The number of carbonyl (C=O) groups excluding carboxylic acids is 1. The minimum absolute atomic E-state index is 0.188. The molecule has 2 aliphatic rings. The lowest BCUT2D eigenvalue weighted by Gasteiger charge is -2.22. The van der Waals surface area contributed by atoms with Crippen LogP contribution in [0.25, 0.3) is 0 Å². The summed E-state index contributed by atoms with van der Waals surface area (Å²) in [5.41, 5.74) is 0. The van der Waals surface area contributed by atoms with E-state index in [1.807, 2.05) is 0 Å². The number of thioether (sulfide) groups is 1. The molecule has 1 unspecified atom stereocenters. The van der Waals surface area contributed by atoms with Gasteiger partial charge >= 0.3 is 0 Å². The Morgan fingerprint density at radius 2 is 1.74 bits per heavy atom. The van der Waals surface area contributed by atoms with Crippen LogP contribution in [-0.4, -0.2) is 36.0 Å². The second-order valence-corrected chi connectivity index (χ2v) is 7.28. The largest absolute Gasteiger partial charge is 0.352 e. The topological polar surface area (TPSA) is 41.1 Å². The third-order valence-corrected chi connectivity index (χ3v) is 5.55. The van der Waals surface area contributed by atoms with Gasteiger partial charge in [0.25, 0.3) is 0 Å². The van der Waals surface area contributed by atoms with Gasteiger partial charge in [-0.25, -0.2) is 0 Å². The molecule has 0 bridgehead atoms. The van der Waals surface area contributed by atoms with Gasteiger partial charge in [0.1, 0.15) is 0 Å². The van der Waals surface area contributed by atoms with Crippen molar-refractivity contribution in [3.8, 4) is 0 Å². The number of hydrogen-bond acceptors (Lipinski definition) is 3. The van der Waals surface area contributed by atoms with Crippen LogP contribution in [-0.2, 0) is 4.79 Å². The van der Waals surface area contributed by atoms with Crippen molar-refractivity contribution < 1.29 is 4.79 Å². The van der Waals surface area contributed by atoms with E-state index in [0.717, 1.165) is 11.8 Å². The van der Waals surface area contributed by atoms with Crippen LogP contribution in [0.3, 0.4) is 0 Å². The highest BCUT2D eigenvalue weighted by Gasteiger charge is 2.16. The molecule has 2 rings (SSSR count). The SMILES string of the molecule is O=C(CNCC1CCCCS1)NC1CCCCCC1. The van der Waals surface area contributed by atoms with Crippen molar-refractivity contribution in [1.82, 2.24) is 10.6 Å². The molecule has 110 valence electrons. The fourth-order valence-electron chi connectivity index (χ4n) is 3.02. The zero-order chi connectivity index (χ0) is 13.3. The Labute approximate surface area is 121 Å². The van der Waals surface area contributed by atoms with E-state index in [2.05, 4.69) is 22.4 Å². The van der Waals surface area contributed by atoms with E-state index in [-0.39, 0.29) is 5.91 Å². The lowest BCUT2D eigenvalue weighted by Crippen LogP contribution is -2.41. The van der Waals surface area contributed by atoms with Crippen molar-refractivity contribution in [3.05, 3.63) is 0 Å². The summed E-state index contributed by atoms with van der Waals surface area (Å²) in [5.74, 6) is 1.48. The first kappa shape index (κ1) is 15.2. The molecule has 1 saturated carbocycles. The highest BCUT2D eigenvalue weighted by atomic mass is 32.2. The summed E-state index contributed by atoms with van der Waals surface area (Å²) in [5, 5.41) is 7.24. The van der Waals surface area contributed by atoms with Gasteiger partial charge < -0.3 is 10.6 Å². The molecule has 1 heterocycles. The van der Waals surface area contributed by atoms with Gasteiger partial charge in [-0.15, -0.1) is 0 Å². The smallest absolute Gasteiger partial charge is 0.234 e. The first-order valence-electron chi connectivity index (χ1n) is 7.96. The average Bonchev–Trinajstić information content (AvgIpc) is 2.68. The molecular weight excluding hydrogens is 256 g/mol. The Hall–Kier alpha value is -0.220. The van der Waals surface area contributed by atoms with E-state index in [1.54, 1.807) is 0 Å². The molecule has 0 aromatic carbocycles. The van der Waals surface area contributed by atoms with Gasteiger partial charge in [-0.2, -0.15) is 11.8 Å². The normalized spacial score (nSPS) is 25.8. The van der Waals surface area contributed by atoms with E-state index in [9.17, 15) is 4.79 Å². The van der Waals surface area contributed by atoms with Crippen molar-refractivity contribution in [2.24, 2.45) is 0 Å². The van der Waals surface area contributed by atoms with Gasteiger partial charge in [-0.1, -0.05) is 32.1 Å². The number of nitrogens with one attached hydrogen (secondary N) is 2. The van der Waals surface area contributed by atoms with E-state index in [4.69, 9.17) is 0 Å². The second kappa shape index (κ2) is 8.85. The number of carbonyl (C=O) groups is 1. The van der Waals surface area contributed by atoms with Crippen LogP contribution < -0.4 is 10.6 Å². The van der Waals surface area contributed by atoms with Gasteiger partial charge in [-0.05, 0) is 31.4 Å². The van der Waals surface area contributed by atoms with Crippen LogP contribution in [0.2, 0.25) is 0 Å². The number of rotatable bonds is 5. The Morgan fingerprint density at radius 3 is 2.42 bits per heavy atom. The summed E-state index contributed by atoms with van der Waals surface area (Å²) in [6.45, 7) is 1.48. The van der Waals surface area contributed by atoms with Crippen LogP contribution in [0.1, 0.15) is 57.8 Å². The summed E-state index contributed by atoms with van der Waals surface area (Å²) >= 11 is 2.06. The molecule has 19 heavy (non-hydrogen) atoms. The van der Waals surface area contributed by atoms with Crippen molar-refractivity contribution in [2.75, 3.05) is 18.8 Å². The molecule has 4 heteroatoms. The highest BCUT2D eigenvalue weighted by Crippen LogP contribution is 2.24. The molecule has 0 radical (unpaired) electrons. The van der Waals surface area contributed by atoms with Gasteiger partial charge in [-0.3, -0.25) is 4.79 Å². The third-order valence-electron chi connectivity index (χ3n) is 4.15. The van der Waals surface area contributed by atoms with E-state index < -0.39 is 0 Å². The molecule has 1 amide bonds. The molecule has 0 aromatic rings. The third kappa shape index (κ3) is 6.17. The Morgan fingerprint density at radius 1 is 1.00 bits per heavy atom. The Kier molecular flexibility index (Phi) is 7.07. The average molecular weight is 284 g/mol. The molecule has 1 aliphatic carbocycles. The number of amides is 1. The summed E-state index contributed by atoms with van der Waals surface area (Å²) < 4.78 is 0. The van der Waals surface area contributed by atoms with Crippen LogP contribution in [0.15, 0.2) is 0 Å². The van der Waals surface area contributed by atoms with Crippen LogP contribution in [0, 0.1) is 0 Å². The molecule has 1 aliphatic heterocycles. The standard InChI is InChI=1S/C15H28N2OS/c18-15(17-13-7-3-1-2-4-8-13)12-16-11-14-9-5-6-10-19-14/h13-14,16H,1-12H2,(H,17,18). The lowest BCUT2D eigenvalue weighted by molar-refractivity contribution is -0.121. The predicted octanol–water partition coefficient (Wildman–Crippen LogP) is 2.70. The summed E-state index contributed by atoms with van der Waals surface area (Å²) in [6.07, 6.45) is 11.6. The summed E-state index contributed by atoms with van der Waals surface area (Å²) in [7, 11) is 0. The fraction of sp³-hybridized carbons (Fsp3) is 0.933. The maximum absolute atomic E-state index is 11.9. The van der Waals surface area contributed by atoms with Crippen molar-refractivity contribution in [3.63, 3.8) is 0 Å². The second-order valence-electron chi connectivity index (χ2n) is 5.88. The minimum atomic E-state index is 0.188. The van der Waals surface area contributed by atoms with Crippen molar-refractivity contribution in [1.29, 1.82) is 0 Å². The molecule has 2 N–H and O–H groups in total. The van der Waals surface area contributed by atoms with Gasteiger partial charge in [0, 0.05) is 17.8 Å². The van der Waals surface area contributed by atoms with Crippen LogP contribution in [0.5, 0.6) is 0 Å². The molecule has 1 saturated heterocycles. The van der Waals surface area contributed by atoms with E-state index in [1.165, 1.54) is 63.5 Å². The van der Waals surface area contributed by atoms with Crippen LogP contribution >= 0.6 is 11.8 Å². The fourth-order valence-corrected chi connectivity index (χ4v) is 4.29. The first-order chi connectivity index (χ1) is 9.34. The Bertz CT molecular complexity index is 259. The molecule has 1 atom stereocenters. The van der Waals surface area contributed by atoms with Gasteiger partial charge in [0.05, 0.1) is 6.54 Å². The van der Waals surface area contributed by atoms with Crippen molar-refractivity contribution in [2.45, 2.75) is 69.1 Å². The zero-order valence-electron chi connectivity index (χ0n) is 12.0. The maximum atomic E-state index is 11.9. The predicted molar refractivity (Wildman–Crippen MR) is 82.6 cm³/mol. The van der Waals surface area contributed by atoms with Gasteiger partial charge in [0.2, 0.25) is 5.91 Å².